The highest BCUT2D eigenvalue weighted by atomic mass is 15.3. The molecule has 3 N–H and O–H groups in total. The number of aryl methyl sites for hydroxylation is 1. The molecule has 27 heavy (non-hydrogen) atoms. The van der Waals surface area contributed by atoms with Crippen molar-refractivity contribution in [1.82, 2.24) is 24.7 Å². The fourth-order valence-corrected chi connectivity index (χ4v) is 2.61. The minimum Gasteiger partial charge on any atom is -0.368 e. The summed E-state index contributed by atoms with van der Waals surface area (Å²) in [5.41, 5.74) is 8.67. The molecule has 1 aromatic carbocycles. The third-order valence-electron chi connectivity index (χ3n) is 3.78. The minimum atomic E-state index is 0.0369. The normalized spacial score (nSPS) is 11.4. The van der Waals surface area contributed by atoms with Crippen LogP contribution in [-0.4, -0.2) is 24.7 Å². The zero-order valence-corrected chi connectivity index (χ0v) is 15.4. The van der Waals surface area contributed by atoms with Crippen molar-refractivity contribution < 1.29 is 0 Å². The quantitative estimate of drug-likeness (QED) is 0.671. The number of anilines is 3. The highest BCUT2D eigenvalue weighted by molar-refractivity contribution is 5.87. The molecule has 0 amide bonds. The predicted octanol–water partition coefficient (Wildman–Crippen LogP) is 3.12. The molecule has 0 aliphatic carbocycles. The SMILES string of the molecule is CC(C)c1nn(C)cc1C=C(C#N)c1nc(N)nc(Nc2ccccc2)n1. The molecule has 0 radical (unpaired) electrons. The second-order valence-electron chi connectivity index (χ2n) is 6.30. The van der Waals surface area contributed by atoms with E-state index >= 15 is 0 Å². The molecule has 0 saturated carbocycles. The average molecular weight is 360 g/mol. The van der Waals surface area contributed by atoms with Gasteiger partial charge in [-0.05, 0) is 24.1 Å². The third-order valence-corrected chi connectivity index (χ3v) is 3.78. The molecule has 3 aromatic rings. The Labute approximate surface area is 157 Å². The fourth-order valence-electron chi connectivity index (χ4n) is 2.61. The molecule has 2 heterocycles. The Bertz CT molecular complexity index is 1010. The molecule has 136 valence electrons. The van der Waals surface area contributed by atoms with Gasteiger partial charge >= 0.3 is 0 Å². The molecule has 8 heteroatoms. The molecule has 2 aromatic heterocycles. The number of hydrogen-bond acceptors (Lipinski definition) is 7. The molecule has 8 nitrogen and oxygen atoms in total. The lowest BCUT2D eigenvalue weighted by atomic mass is 10.0. The molecule has 0 saturated heterocycles. The van der Waals surface area contributed by atoms with Crippen molar-refractivity contribution >= 4 is 29.2 Å². The van der Waals surface area contributed by atoms with E-state index in [1.54, 1.807) is 10.8 Å². The molecule has 0 aliphatic rings. The van der Waals surface area contributed by atoms with Gasteiger partial charge in [-0.25, -0.2) is 0 Å². The van der Waals surface area contributed by atoms with Gasteiger partial charge in [-0.2, -0.15) is 25.3 Å². The maximum Gasteiger partial charge on any atom is 0.232 e. The van der Waals surface area contributed by atoms with E-state index in [2.05, 4.69) is 45.3 Å². The van der Waals surface area contributed by atoms with Crippen LogP contribution in [0.25, 0.3) is 11.6 Å². The van der Waals surface area contributed by atoms with E-state index in [9.17, 15) is 5.26 Å². The summed E-state index contributed by atoms with van der Waals surface area (Å²) in [5.74, 6) is 0.744. The lowest BCUT2D eigenvalue weighted by Crippen LogP contribution is -2.06. The van der Waals surface area contributed by atoms with Crippen molar-refractivity contribution in [3.8, 4) is 6.07 Å². The maximum absolute atomic E-state index is 9.64. The number of rotatable bonds is 5. The Morgan fingerprint density at radius 1 is 1.22 bits per heavy atom. The van der Waals surface area contributed by atoms with Crippen LogP contribution < -0.4 is 11.1 Å². The van der Waals surface area contributed by atoms with Crippen molar-refractivity contribution in [3.63, 3.8) is 0 Å². The van der Waals surface area contributed by atoms with Crippen LogP contribution >= 0.6 is 0 Å². The number of allylic oxidation sites excluding steroid dienone is 1. The van der Waals surface area contributed by atoms with Gasteiger partial charge in [0.15, 0.2) is 5.82 Å². The van der Waals surface area contributed by atoms with Crippen LogP contribution in [0.1, 0.15) is 36.8 Å². The van der Waals surface area contributed by atoms with Crippen molar-refractivity contribution in [1.29, 1.82) is 5.26 Å². The highest BCUT2D eigenvalue weighted by Crippen LogP contribution is 2.23. The smallest absolute Gasteiger partial charge is 0.232 e. The second kappa shape index (κ2) is 7.66. The topological polar surface area (TPSA) is 118 Å². The van der Waals surface area contributed by atoms with Crippen LogP contribution in [0, 0.1) is 11.3 Å². The van der Waals surface area contributed by atoms with Gasteiger partial charge in [0, 0.05) is 24.5 Å². The van der Waals surface area contributed by atoms with E-state index < -0.39 is 0 Å². The number of nitriles is 1. The molecule has 0 spiro atoms. The summed E-state index contributed by atoms with van der Waals surface area (Å²) < 4.78 is 1.72. The number of nitrogen functional groups attached to an aromatic ring is 1. The second-order valence-corrected chi connectivity index (χ2v) is 6.30. The largest absolute Gasteiger partial charge is 0.368 e. The number of benzene rings is 1. The summed E-state index contributed by atoms with van der Waals surface area (Å²) in [6, 6.07) is 11.6. The first-order valence-electron chi connectivity index (χ1n) is 8.45. The van der Waals surface area contributed by atoms with E-state index in [4.69, 9.17) is 5.73 Å². The summed E-state index contributed by atoms with van der Waals surface area (Å²) in [7, 11) is 1.85. The van der Waals surface area contributed by atoms with E-state index in [0.717, 1.165) is 16.9 Å². The summed E-state index contributed by atoms with van der Waals surface area (Å²) in [6.07, 6.45) is 3.59. The van der Waals surface area contributed by atoms with Gasteiger partial charge in [-0.3, -0.25) is 4.68 Å². The Balaban J connectivity index is 2.00. The monoisotopic (exact) mass is 360 g/mol. The molecular formula is C19H20N8. The first-order valence-corrected chi connectivity index (χ1v) is 8.45. The van der Waals surface area contributed by atoms with Gasteiger partial charge in [0.2, 0.25) is 11.9 Å². The van der Waals surface area contributed by atoms with Gasteiger partial charge in [-0.15, -0.1) is 0 Å². The molecular weight excluding hydrogens is 340 g/mol. The summed E-state index contributed by atoms with van der Waals surface area (Å²) in [4.78, 5) is 12.6. The Hall–Kier alpha value is -3.73. The molecule has 0 atom stereocenters. The van der Waals surface area contributed by atoms with E-state index in [0.29, 0.717) is 0 Å². The molecule has 0 fully saturated rings. The highest BCUT2D eigenvalue weighted by Gasteiger charge is 2.14. The number of nitrogens with two attached hydrogens (primary N) is 1. The van der Waals surface area contributed by atoms with Gasteiger partial charge in [0.05, 0.1) is 11.3 Å². The molecule has 0 unspecified atom stereocenters. The van der Waals surface area contributed by atoms with Gasteiger partial charge in [0.25, 0.3) is 0 Å². The Morgan fingerprint density at radius 3 is 2.63 bits per heavy atom. The van der Waals surface area contributed by atoms with Gasteiger partial charge in [-0.1, -0.05) is 32.0 Å². The molecule has 3 rings (SSSR count). The lowest BCUT2D eigenvalue weighted by molar-refractivity contribution is 0.713. The van der Waals surface area contributed by atoms with Gasteiger partial charge in [0.1, 0.15) is 6.07 Å². The summed E-state index contributed by atoms with van der Waals surface area (Å²) in [6.45, 7) is 4.10. The zero-order valence-electron chi connectivity index (χ0n) is 15.4. The standard InChI is InChI=1S/C19H20N8/c1-12(2)16-14(11-27(3)26-16)9-13(10-20)17-23-18(21)25-19(24-17)22-15-7-5-4-6-8-15/h4-9,11-12H,1-3H3,(H3,21,22,23,24,25). The number of aromatic nitrogens is 5. The van der Waals surface area contributed by atoms with Crippen molar-refractivity contribution in [3.05, 3.63) is 53.6 Å². The Morgan fingerprint density at radius 2 is 1.96 bits per heavy atom. The zero-order chi connectivity index (χ0) is 19.4. The Kier molecular flexibility index (Phi) is 5.13. The van der Waals surface area contributed by atoms with E-state index in [-0.39, 0.29) is 29.2 Å². The van der Waals surface area contributed by atoms with Crippen LogP contribution in [0.2, 0.25) is 0 Å². The molecule has 0 bridgehead atoms. The minimum absolute atomic E-state index is 0.0369. The van der Waals surface area contributed by atoms with Crippen molar-refractivity contribution in [2.75, 3.05) is 11.1 Å². The summed E-state index contributed by atoms with van der Waals surface area (Å²) >= 11 is 0. The first kappa shape index (κ1) is 18.1. The lowest BCUT2D eigenvalue weighted by Gasteiger charge is -2.07. The first-order chi connectivity index (χ1) is 13.0. The van der Waals surface area contributed by atoms with Crippen LogP contribution in [0.15, 0.2) is 36.5 Å². The van der Waals surface area contributed by atoms with Crippen molar-refractivity contribution in [2.45, 2.75) is 19.8 Å². The van der Waals surface area contributed by atoms with Gasteiger partial charge < -0.3 is 11.1 Å². The summed E-state index contributed by atoms with van der Waals surface area (Å²) in [5, 5.41) is 17.2. The van der Waals surface area contributed by atoms with Crippen molar-refractivity contribution in [2.24, 2.45) is 7.05 Å². The number of para-hydroxylation sites is 1. The van der Waals surface area contributed by atoms with E-state index in [1.165, 1.54) is 0 Å². The maximum atomic E-state index is 9.64. The molecule has 0 aliphatic heterocycles. The third kappa shape index (κ3) is 4.27. The van der Waals surface area contributed by atoms with Crippen LogP contribution in [0.5, 0.6) is 0 Å². The predicted molar refractivity (Wildman–Crippen MR) is 105 cm³/mol. The van der Waals surface area contributed by atoms with Crippen LogP contribution in [0.4, 0.5) is 17.6 Å². The van der Waals surface area contributed by atoms with E-state index in [1.807, 2.05) is 43.6 Å². The van der Waals surface area contributed by atoms with Crippen LogP contribution in [0.3, 0.4) is 0 Å². The average Bonchev–Trinajstić information content (AvgIpc) is 3.00. The number of nitrogens with one attached hydrogen (secondary N) is 1. The number of nitrogens with zero attached hydrogens (tertiary/aromatic N) is 6. The van der Waals surface area contributed by atoms with Crippen LogP contribution in [-0.2, 0) is 7.05 Å². The number of hydrogen-bond donors (Lipinski definition) is 2. The fraction of sp³-hybridized carbons (Fsp3) is 0.211.